The van der Waals surface area contributed by atoms with Gasteiger partial charge >= 0.3 is 0 Å². The van der Waals surface area contributed by atoms with Gasteiger partial charge in [-0.1, -0.05) is 36.8 Å². The van der Waals surface area contributed by atoms with Crippen LogP contribution in [0.1, 0.15) is 50.5 Å². The van der Waals surface area contributed by atoms with Crippen molar-refractivity contribution in [2.45, 2.75) is 57.4 Å². The fourth-order valence-electron chi connectivity index (χ4n) is 5.36. The summed E-state index contributed by atoms with van der Waals surface area (Å²) in [4.78, 5) is 12.8. The maximum Gasteiger partial charge on any atom is 0.224 e. The third-order valence-electron chi connectivity index (χ3n) is 6.92. The Hall–Kier alpha value is -1.40. The van der Waals surface area contributed by atoms with Crippen molar-refractivity contribution in [3.63, 3.8) is 0 Å². The number of benzene rings is 1. The van der Waals surface area contributed by atoms with Gasteiger partial charge < -0.3 is 5.32 Å². The molecule has 154 valence electrons. The fourth-order valence-corrected chi connectivity index (χ4v) is 6.95. The molecule has 1 aromatic carbocycles. The Kier molecular flexibility index (Phi) is 6.07. The molecule has 1 aromatic rings. The number of fused-ring (bicyclic) bond motifs is 2. The van der Waals surface area contributed by atoms with Crippen molar-refractivity contribution < 1.29 is 13.2 Å². The summed E-state index contributed by atoms with van der Waals surface area (Å²) in [6, 6.07) is 10.3. The summed E-state index contributed by atoms with van der Waals surface area (Å²) in [6.45, 7) is 0.895. The van der Waals surface area contributed by atoms with E-state index in [1.807, 2.05) is 30.3 Å². The van der Waals surface area contributed by atoms with Gasteiger partial charge in [0.1, 0.15) is 0 Å². The van der Waals surface area contributed by atoms with E-state index in [9.17, 15) is 13.2 Å². The molecule has 0 radical (unpaired) electrons. The second-order valence-corrected chi connectivity index (χ2v) is 11.0. The van der Waals surface area contributed by atoms with Gasteiger partial charge in [0.15, 0.2) is 0 Å². The zero-order valence-electron chi connectivity index (χ0n) is 16.6. The second kappa shape index (κ2) is 8.54. The van der Waals surface area contributed by atoms with E-state index >= 15 is 0 Å². The summed E-state index contributed by atoms with van der Waals surface area (Å²) in [7, 11) is -3.30. The highest BCUT2D eigenvalue weighted by molar-refractivity contribution is 7.89. The zero-order valence-corrected chi connectivity index (χ0v) is 17.4. The van der Waals surface area contributed by atoms with Crippen LogP contribution >= 0.6 is 0 Å². The van der Waals surface area contributed by atoms with Crippen LogP contribution in [0, 0.1) is 17.8 Å². The highest BCUT2D eigenvalue weighted by atomic mass is 32.2. The summed E-state index contributed by atoms with van der Waals surface area (Å²) < 4.78 is 27.1. The number of piperidine rings is 1. The van der Waals surface area contributed by atoms with Crippen molar-refractivity contribution in [1.29, 1.82) is 0 Å². The topological polar surface area (TPSA) is 66.5 Å². The molecule has 2 bridgehead atoms. The van der Waals surface area contributed by atoms with Gasteiger partial charge in [0.2, 0.25) is 15.9 Å². The first-order valence-electron chi connectivity index (χ1n) is 10.8. The molecular formula is C22H32N2O3S. The molecule has 1 N–H and O–H groups in total. The number of sulfonamides is 1. The molecule has 6 heteroatoms. The molecule has 4 unspecified atom stereocenters. The van der Waals surface area contributed by atoms with E-state index < -0.39 is 10.0 Å². The van der Waals surface area contributed by atoms with Crippen LogP contribution in [-0.2, 0) is 21.2 Å². The summed E-state index contributed by atoms with van der Waals surface area (Å²) in [5.74, 6) is 1.47. The monoisotopic (exact) mass is 404 g/mol. The molecule has 3 fully saturated rings. The Morgan fingerprint density at radius 3 is 2.64 bits per heavy atom. The standard InChI is InChI=1S/C22H32N2O3S/c25-22(23-21-15-18-10-11-19(21)14-18)20-9-4-12-24(16-20)28(26,27)13-5-8-17-6-2-1-3-7-17/h1-3,6-7,18-21H,4-5,8-16H2,(H,23,25). The number of rotatable bonds is 7. The molecule has 1 saturated heterocycles. The third kappa shape index (κ3) is 4.60. The van der Waals surface area contributed by atoms with Crippen LogP contribution in [0.25, 0.3) is 0 Å². The second-order valence-electron chi connectivity index (χ2n) is 8.89. The molecule has 1 aliphatic heterocycles. The highest BCUT2D eigenvalue weighted by Gasteiger charge is 2.41. The molecule has 2 aliphatic carbocycles. The maximum atomic E-state index is 12.8. The molecule has 0 spiro atoms. The average Bonchev–Trinajstić information content (AvgIpc) is 3.32. The summed E-state index contributed by atoms with van der Waals surface area (Å²) in [6.07, 6.45) is 7.88. The van der Waals surface area contributed by atoms with Crippen molar-refractivity contribution in [3.05, 3.63) is 35.9 Å². The minimum atomic E-state index is -3.30. The van der Waals surface area contributed by atoms with E-state index in [0.29, 0.717) is 31.5 Å². The van der Waals surface area contributed by atoms with Crippen LogP contribution in [0.2, 0.25) is 0 Å². The van der Waals surface area contributed by atoms with E-state index in [4.69, 9.17) is 0 Å². The van der Waals surface area contributed by atoms with E-state index in [0.717, 1.165) is 31.6 Å². The van der Waals surface area contributed by atoms with Gasteiger partial charge in [-0.25, -0.2) is 12.7 Å². The lowest BCUT2D eigenvalue weighted by Crippen LogP contribution is -2.49. The summed E-state index contributed by atoms with van der Waals surface area (Å²) in [5.41, 5.74) is 1.17. The number of carbonyl (C=O) groups is 1. The van der Waals surface area contributed by atoms with Crippen LogP contribution in [0.4, 0.5) is 0 Å². The molecule has 3 aliphatic rings. The first-order valence-corrected chi connectivity index (χ1v) is 12.4. The minimum absolute atomic E-state index is 0.0711. The molecule has 0 aromatic heterocycles. The first-order chi connectivity index (χ1) is 13.5. The van der Waals surface area contributed by atoms with Crippen LogP contribution < -0.4 is 5.32 Å². The van der Waals surface area contributed by atoms with E-state index in [1.54, 1.807) is 4.31 Å². The Morgan fingerprint density at radius 1 is 1.11 bits per heavy atom. The predicted octanol–water partition coefficient (Wildman–Crippen LogP) is 2.97. The molecule has 4 atom stereocenters. The van der Waals surface area contributed by atoms with Crippen molar-refractivity contribution >= 4 is 15.9 Å². The SMILES string of the molecule is O=C(NC1CC2CCC1C2)C1CCCN(S(=O)(=O)CCCc2ccccc2)C1. The van der Waals surface area contributed by atoms with Gasteiger partial charge in [0.05, 0.1) is 11.7 Å². The van der Waals surface area contributed by atoms with Crippen LogP contribution in [0.5, 0.6) is 0 Å². The molecular weight excluding hydrogens is 372 g/mol. The quantitative estimate of drug-likeness (QED) is 0.760. The lowest BCUT2D eigenvalue weighted by Gasteiger charge is -2.33. The van der Waals surface area contributed by atoms with Crippen molar-refractivity contribution in [2.75, 3.05) is 18.8 Å². The zero-order chi connectivity index (χ0) is 19.6. The third-order valence-corrected chi connectivity index (χ3v) is 8.85. The molecule has 1 amide bonds. The molecule has 2 saturated carbocycles. The van der Waals surface area contributed by atoms with E-state index in [2.05, 4.69) is 5.32 Å². The fraction of sp³-hybridized carbons (Fsp3) is 0.682. The number of carbonyl (C=O) groups excluding carboxylic acids is 1. The Bertz CT molecular complexity index is 780. The molecule has 5 nitrogen and oxygen atoms in total. The molecule has 1 heterocycles. The van der Waals surface area contributed by atoms with Gasteiger partial charge in [0, 0.05) is 19.1 Å². The lowest BCUT2D eigenvalue weighted by molar-refractivity contribution is -0.127. The maximum absolute atomic E-state index is 12.8. The Balaban J connectivity index is 1.28. The summed E-state index contributed by atoms with van der Waals surface area (Å²) in [5, 5.41) is 3.26. The first kappa shape index (κ1) is 19.9. The van der Waals surface area contributed by atoms with Crippen LogP contribution in [-0.4, -0.2) is 43.5 Å². The number of hydrogen-bond acceptors (Lipinski definition) is 3. The highest BCUT2D eigenvalue weighted by Crippen LogP contribution is 2.44. The van der Waals surface area contributed by atoms with Gasteiger partial charge in [-0.2, -0.15) is 0 Å². The number of nitrogens with one attached hydrogen (secondary N) is 1. The molecule has 28 heavy (non-hydrogen) atoms. The summed E-state index contributed by atoms with van der Waals surface area (Å²) >= 11 is 0. The number of nitrogens with zero attached hydrogens (tertiary/aromatic N) is 1. The normalized spacial score (nSPS) is 30.4. The van der Waals surface area contributed by atoms with Crippen molar-refractivity contribution in [1.82, 2.24) is 9.62 Å². The van der Waals surface area contributed by atoms with Crippen molar-refractivity contribution in [3.8, 4) is 0 Å². The van der Waals surface area contributed by atoms with E-state index in [-0.39, 0.29) is 17.6 Å². The Morgan fingerprint density at radius 2 is 1.93 bits per heavy atom. The predicted molar refractivity (Wildman–Crippen MR) is 110 cm³/mol. The van der Waals surface area contributed by atoms with Gasteiger partial charge in [-0.15, -0.1) is 0 Å². The Labute approximate surface area is 168 Å². The number of aryl methyl sites for hydroxylation is 1. The van der Waals surface area contributed by atoms with Gasteiger partial charge in [-0.3, -0.25) is 4.79 Å². The van der Waals surface area contributed by atoms with Gasteiger partial charge in [0.25, 0.3) is 0 Å². The van der Waals surface area contributed by atoms with Crippen LogP contribution in [0.15, 0.2) is 30.3 Å². The largest absolute Gasteiger partial charge is 0.353 e. The smallest absolute Gasteiger partial charge is 0.224 e. The molecule has 4 rings (SSSR count). The number of hydrogen-bond donors (Lipinski definition) is 1. The average molecular weight is 405 g/mol. The van der Waals surface area contributed by atoms with Crippen molar-refractivity contribution in [2.24, 2.45) is 17.8 Å². The van der Waals surface area contributed by atoms with E-state index in [1.165, 1.54) is 24.8 Å². The minimum Gasteiger partial charge on any atom is -0.353 e. The van der Waals surface area contributed by atoms with Crippen LogP contribution in [0.3, 0.4) is 0 Å². The number of amides is 1. The van der Waals surface area contributed by atoms with Gasteiger partial charge in [-0.05, 0) is 62.3 Å². The lowest BCUT2D eigenvalue weighted by atomic mass is 9.93.